The van der Waals surface area contributed by atoms with Crippen molar-refractivity contribution in [3.8, 4) is 0 Å². The van der Waals surface area contributed by atoms with Crippen molar-refractivity contribution < 1.29 is 38.5 Å². The van der Waals surface area contributed by atoms with Gasteiger partial charge in [0.2, 0.25) is 0 Å². The van der Waals surface area contributed by atoms with Crippen molar-refractivity contribution in [3.05, 3.63) is 70.8 Å². The summed E-state index contributed by atoms with van der Waals surface area (Å²) in [6.45, 7) is 2.90. The molecule has 0 heterocycles. The number of esters is 3. The molecule has 0 unspecified atom stereocenters. The van der Waals surface area contributed by atoms with Gasteiger partial charge in [0.05, 0.1) is 42.1 Å². The molecular weight excluding hydrogens is 500 g/mol. The third-order valence-electron chi connectivity index (χ3n) is 6.03. The lowest BCUT2D eigenvalue weighted by Crippen LogP contribution is -2.24. The molecule has 3 rings (SSSR count). The average molecular weight is 547 g/mol. The van der Waals surface area contributed by atoms with E-state index in [1.807, 2.05) is 6.92 Å². The van der Waals surface area contributed by atoms with E-state index in [2.05, 4.69) is 0 Å². The van der Waals surface area contributed by atoms with Crippen LogP contribution in [0, 0.1) is 11.8 Å². The molecule has 0 amide bonds. The molecule has 39 heavy (non-hydrogen) atoms. The Labute approximate surface area is 233 Å². The summed E-state index contributed by atoms with van der Waals surface area (Å²) < 4.78 is 15.9. The average Bonchev–Trinajstić information content (AvgIpc) is 2.89. The molecule has 0 bridgehead atoms. The Kier molecular flexibility index (Phi) is 17.8. The first-order chi connectivity index (χ1) is 16.9. The van der Waals surface area contributed by atoms with E-state index in [1.165, 1.54) is 24.3 Å². The fraction of sp³-hybridized carbons (Fsp3) is 0.484. The van der Waals surface area contributed by atoms with Gasteiger partial charge < -0.3 is 19.3 Å². The number of carboxylic acid groups (broad SMARTS) is 1. The second-order valence-corrected chi connectivity index (χ2v) is 8.68. The SMILES string of the molecule is C.C.C.C.CCCOC(=O)c1ccc(C(=O)OCC2CCC(COC(=O)c3ccc(C(=O)O)cc3)CC2)cc1. The van der Waals surface area contributed by atoms with Gasteiger partial charge >= 0.3 is 23.9 Å². The fourth-order valence-electron chi connectivity index (χ4n) is 3.89. The molecule has 8 nitrogen and oxygen atoms in total. The summed E-state index contributed by atoms with van der Waals surface area (Å²) in [6.07, 6.45) is 4.20. The molecule has 0 saturated heterocycles. The number of hydrogen-bond acceptors (Lipinski definition) is 7. The van der Waals surface area contributed by atoms with Crippen LogP contribution in [0.25, 0.3) is 0 Å². The number of benzene rings is 2. The van der Waals surface area contributed by atoms with Gasteiger partial charge in [0.1, 0.15) is 0 Å². The van der Waals surface area contributed by atoms with Gasteiger partial charge in [0.25, 0.3) is 0 Å². The molecule has 1 N–H and O–H groups in total. The first-order valence-electron chi connectivity index (χ1n) is 11.8. The van der Waals surface area contributed by atoms with Crippen LogP contribution in [-0.4, -0.2) is 48.8 Å². The van der Waals surface area contributed by atoms with Crippen LogP contribution in [0.3, 0.4) is 0 Å². The van der Waals surface area contributed by atoms with Gasteiger partial charge in [-0.2, -0.15) is 0 Å². The molecule has 1 saturated carbocycles. The highest BCUT2D eigenvalue weighted by Gasteiger charge is 2.24. The second kappa shape index (κ2) is 18.6. The Morgan fingerprint density at radius 2 is 0.923 bits per heavy atom. The van der Waals surface area contributed by atoms with Gasteiger partial charge in [-0.25, -0.2) is 19.2 Å². The summed E-state index contributed by atoms with van der Waals surface area (Å²) in [5, 5.41) is 8.93. The highest BCUT2D eigenvalue weighted by molar-refractivity contribution is 5.93. The topological polar surface area (TPSA) is 116 Å². The Balaban J connectivity index is 0. The lowest BCUT2D eigenvalue weighted by Gasteiger charge is -2.27. The predicted molar refractivity (Wildman–Crippen MR) is 153 cm³/mol. The van der Waals surface area contributed by atoms with Crippen LogP contribution >= 0.6 is 0 Å². The summed E-state index contributed by atoms with van der Waals surface area (Å²) in [4.78, 5) is 47.3. The molecule has 2 aromatic rings. The molecule has 2 aromatic carbocycles. The van der Waals surface area contributed by atoms with Crippen LogP contribution in [0.2, 0.25) is 0 Å². The molecule has 218 valence electrons. The Hall–Kier alpha value is -3.68. The van der Waals surface area contributed by atoms with Gasteiger partial charge in [0, 0.05) is 0 Å². The van der Waals surface area contributed by atoms with Crippen molar-refractivity contribution in [1.29, 1.82) is 0 Å². The third-order valence-corrected chi connectivity index (χ3v) is 6.03. The van der Waals surface area contributed by atoms with Crippen molar-refractivity contribution in [2.24, 2.45) is 11.8 Å². The van der Waals surface area contributed by atoms with Crippen molar-refractivity contribution in [2.45, 2.75) is 68.7 Å². The van der Waals surface area contributed by atoms with Crippen LogP contribution < -0.4 is 0 Å². The molecular formula is C31H46O8. The predicted octanol–water partition coefficient (Wildman–Crippen LogP) is 7.32. The van der Waals surface area contributed by atoms with E-state index in [4.69, 9.17) is 19.3 Å². The maximum Gasteiger partial charge on any atom is 0.338 e. The molecule has 0 radical (unpaired) electrons. The normalized spacial score (nSPS) is 15.5. The molecule has 1 aliphatic rings. The molecule has 0 atom stereocenters. The van der Waals surface area contributed by atoms with E-state index in [9.17, 15) is 19.2 Å². The van der Waals surface area contributed by atoms with E-state index in [0.717, 1.165) is 32.1 Å². The van der Waals surface area contributed by atoms with Gasteiger partial charge in [-0.05, 0) is 92.5 Å². The Bertz CT molecular complexity index is 1020. The van der Waals surface area contributed by atoms with E-state index < -0.39 is 23.9 Å². The van der Waals surface area contributed by atoms with Gasteiger partial charge in [0.15, 0.2) is 0 Å². The number of rotatable bonds is 10. The number of ether oxygens (including phenoxy) is 3. The van der Waals surface area contributed by atoms with Crippen LogP contribution in [0.4, 0.5) is 0 Å². The molecule has 8 heteroatoms. The molecule has 1 fully saturated rings. The van der Waals surface area contributed by atoms with Crippen molar-refractivity contribution in [3.63, 3.8) is 0 Å². The van der Waals surface area contributed by atoms with Crippen LogP contribution in [0.5, 0.6) is 0 Å². The monoisotopic (exact) mass is 546 g/mol. The van der Waals surface area contributed by atoms with E-state index in [0.29, 0.717) is 36.5 Å². The minimum Gasteiger partial charge on any atom is -0.478 e. The van der Waals surface area contributed by atoms with Crippen molar-refractivity contribution in [2.75, 3.05) is 19.8 Å². The maximum atomic E-state index is 12.3. The largest absolute Gasteiger partial charge is 0.478 e. The first kappa shape index (κ1) is 37.5. The summed E-state index contributed by atoms with van der Waals surface area (Å²) in [6, 6.07) is 11.9. The zero-order valence-electron chi connectivity index (χ0n) is 19.7. The third kappa shape index (κ3) is 11.3. The van der Waals surface area contributed by atoms with Gasteiger partial charge in [-0.1, -0.05) is 36.6 Å². The van der Waals surface area contributed by atoms with E-state index in [1.54, 1.807) is 24.3 Å². The van der Waals surface area contributed by atoms with Gasteiger partial charge in [-0.15, -0.1) is 0 Å². The molecule has 0 aliphatic heterocycles. The maximum absolute atomic E-state index is 12.3. The number of hydrogen-bond donors (Lipinski definition) is 1. The Morgan fingerprint density at radius 3 is 1.23 bits per heavy atom. The minimum absolute atomic E-state index is 0. The standard InChI is InChI=1S/C27H30O8.4CH4/c1-2-15-33-25(30)21-11-13-23(14-12-21)27(32)35-17-19-5-3-18(4-6-19)16-34-26(31)22-9-7-20(8-10-22)24(28)29;;;;/h7-14,18-19H,2-6,15-17H2,1H3,(H,28,29);4*1H4. The number of aromatic carboxylic acids is 1. The van der Waals surface area contributed by atoms with Crippen LogP contribution in [0.15, 0.2) is 48.5 Å². The fourth-order valence-corrected chi connectivity index (χ4v) is 3.89. The molecule has 0 spiro atoms. The smallest absolute Gasteiger partial charge is 0.338 e. The summed E-state index contributed by atoms with van der Waals surface area (Å²) >= 11 is 0. The highest BCUT2D eigenvalue weighted by atomic mass is 16.5. The number of carbonyl (C=O) groups excluding carboxylic acids is 3. The zero-order chi connectivity index (χ0) is 25.2. The summed E-state index contributed by atoms with van der Waals surface area (Å²) in [5.74, 6) is -1.87. The summed E-state index contributed by atoms with van der Waals surface area (Å²) in [5.41, 5.74) is 1.21. The van der Waals surface area contributed by atoms with Crippen molar-refractivity contribution in [1.82, 2.24) is 0 Å². The Morgan fingerprint density at radius 1 is 0.615 bits per heavy atom. The van der Waals surface area contributed by atoms with Crippen LogP contribution in [0.1, 0.15) is 110 Å². The van der Waals surface area contributed by atoms with E-state index >= 15 is 0 Å². The number of carboxylic acids is 1. The highest BCUT2D eigenvalue weighted by Crippen LogP contribution is 2.29. The van der Waals surface area contributed by atoms with E-state index in [-0.39, 0.29) is 47.1 Å². The second-order valence-electron chi connectivity index (χ2n) is 8.68. The van der Waals surface area contributed by atoms with Gasteiger partial charge in [-0.3, -0.25) is 0 Å². The lowest BCUT2D eigenvalue weighted by molar-refractivity contribution is 0.0297. The summed E-state index contributed by atoms with van der Waals surface area (Å²) in [7, 11) is 0. The quantitative estimate of drug-likeness (QED) is 0.243. The molecule has 1 aliphatic carbocycles. The van der Waals surface area contributed by atoms with Crippen LogP contribution in [-0.2, 0) is 14.2 Å². The lowest BCUT2D eigenvalue weighted by atomic mass is 9.83. The first-order valence-corrected chi connectivity index (χ1v) is 11.8. The minimum atomic E-state index is -1.05. The van der Waals surface area contributed by atoms with Crippen molar-refractivity contribution >= 4 is 23.9 Å². The number of carbonyl (C=O) groups is 4. The molecule has 0 aromatic heterocycles. The zero-order valence-corrected chi connectivity index (χ0v) is 19.7.